The third kappa shape index (κ3) is 6.58. The third-order valence-corrected chi connectivity index (χ3v) is 7.10. The van der Waals surface area contributed by atoms with Gasteiger partial charge in [0.05, 0.1) is 11.3 Å². The number of fused-ring (bicyclic) bond motifs is 1. The molecule has 200 valence electrons. The summed E-state index contributed by atoms with van der Waals surface area (Å²) in [6, 6.07) is 19.4. The van der Waals surface area contributed by atoms with Crippen molar-refractivity contribution < 1.29 is 14.3 Å². The van der Waals surface area contributed by atoms with Crippen LogP contribution in [0.2, 0.25) is 0 Å². The van der Waals surface area contributed by atoms with Crippen LogP contribution < -0.4 is 9.64 Å². The van der Waals surface area contributed by atoms with E-state index in [4.69, 9.17) is 4.74 Å². The van der Waals surface area contributed by atoms with Gasteiger partial charge in [-0.3, -0.25) is 19.5 Å². The molecule has 1 aromatic heterocycles. The highest BCUT2D eigenvalue weighted by Crippen LogP contribution is 2.29. The number of para-hydroxylation sites is 2. The number of ether oxygens (including phenoxy) is 1. The van der Waals surface area contributed by atoms with Gasteiger partial charge in [-0.2, -0.15) is 0 Å². The first kappa shape index (κ1) is 27.3. The lowest BCUT2D eigenvalue weighted by Gasteiger charge is -2.30. The largest absolute Gasteiger partial charge is 0.484 e. The molecule has 7 nitrogen and oxygen atoms in total. The summed E-state index contributed by atoms with van der Waals surface area (Å²) in [6.07, 6.45) is 2.53. The molecule has 0 bridgehead atoms. The normalized spacial score (nSPS) is 15.1. The van der Waals surface area contributed by atoms with Crippen LogP contribution in [0.25, 0.3) is 0 Å². The molecular formula is C31H38N4O3. The lowest BCUT2D eigenvalue weighted by molar-refractivity contribution is -0.120. The number of rotatable bonds is 5. The molecule has 1 aliphatic heterocycles. The molecule has 0 N–H and O–H groups in total. The maximum Gasteiger partial charge on any atom is 0.264 e. The molecule has 0 saturated carbocycles. The Labute approximate surface area is 226 Å². The summed E-state index contributed by atoms with van der Waals surface area (Å²) in [5.41, 5.74) is 4.14. The van der Waals surface area contributed by atoms with Gasteiger partial charge in [0.25, 0.3) is 11.8 Å². The number of hydrogen-bond acceptors (Lipinski definition) is 5. The van der Waals surface area contributed by atoms with Crippen LogP contribution in [0.15, 0.2) is 66.9 Å². The Bertz CT molecular complexity index is 1240. The van der Waals surface area contributed by atoms with Crippen molar-refractivity contribution in [1.29, 1.82) is 0 Å². The highest BCUT2D eigenvalue weighted by Gasteiger charge is 2.26. The van der Waals surface area contributed by atoms with Crippen LogP contribution in [0.1, 0.15) is 47.4 Å². The second-order valence-electron chi connectivity index (χ2n) is 10.1. The Morgan fingerprint density at radius 3 is 2.45 bits per heavy atom. The van der Waals surface area contributed by atoms with Crippen molar-refractivity contribution in [3.05, 3.63) is 89.2 Å². The summed E-state index contributed by atoms with van der Waals surface area (Å²) in [4.78, 5) is 37.9. The van der Waals surface area contributed by atoms with Gasteiger partial charge in [0.15, 0.2) is 6.61 Å². The van der Waals surface area contributed by atoms with E-state index in [9.17, 15) is 9.59 Å². The summed E-state index contributed by atoms with van der Waals surface area (Å²) < 4.78 is 5.85. The second kappa shape index (κ2) is 12.7. The van der Waals surface area contributed by atoms with Crippen LogP contribution in [0.5, 0.6) is 5.75 Å². The van der Waals surface area contributed by atoms with E-state index in [0.717, 1.165) is 36.3 Å². The number of benzene rings is 2. The summed E-state index contributed by atoms with van der Waals surface area (Å²) in [5.74, 6) is 0.523. The summed E-state index contributed by atoms with van der Waals surface area (Å²) in [7, 11) is 0. The average molecular weight is 515 g/mol. The molecule has 7 heteroatoms. The van der Waals surface area contributed by atoms with Gasteiger partial charge >= 0.3 is 0 Å². The van der Waals surface area contributed by atoms with Crippen molar-refractivity contribution in [3.8, 4) is 5.75 Å². The Balaban J connectivity index is 1.69. The highest BCUT2D eigenvalue weighted by atomic mass is 16.5. The maximum atomic E-state index is 13.8. The summed E-state index contributed by atoms with van der Waals surface area (Å²) >= 11 is 0. The van der Waals surface area contributed by atoms with E-state index in [0.29, 0.717) is 42.7 Å². The number of carbonyl (C=O) groups excluding carboxylic acids is 2. The molecule has 0 spiro atoms. The van der Waals surface area contributed by atoms with Gasteiger partial charge in [0, 0.05) is 50.7 Å². The quantitative estimate of drug-likeness (QED) is 0.486. The molecule has 0 fully saturated rings. The number of amides is 2. The zero-order chi connectivity index (χ0) is 27.1. The van der Waals surface area contributed by atoms with Crippen LogP contribution in [-0.2, 0) is 11.3 Å². The summed E-state index contributed by atoms with van der Waals surface area (Å²) in [6.45, 7) is 11.3. The lowest BCUT2D eigenvalue weighted by Crippen LogP contribution is -2.41. The minimum atomic E-state index is -0.0965. The Hall–Kier alpha value is -3.71. The standard InChI is InChI=1S/C31H38N4O3/c1-23(2)33-17-10-18-35(29(36)22-38-27-13-6-5-7-14-27)30-24(3)11-8-12-26(30)21-34(20-19-33)31(37)28-15-9-16-32-25(28)4/h5-9,11-16,23H,10,17-22H2,1-4H3. The van der Waals surface area contributed by atoms with Gasteiger partial charge in [-0.05, 0) is 69.5 Å². The number of nitrogens with zero attached hydrogens (tertiary/aromatic N) is 4. The van der Waals surface area contributed by atoms with Gasteiger partial charge in [0.2, 0.25) is 0 Å². The molecule has 2 aromatic carbocycles. The number of carbonyl (C=O) groups is 2. The number of hydrogen-bond donors (Lipinski definition) is 0. The summed E-state index contributed by atoms with van der Waals surface area (Å²) in [5, 5.41) is 0. The molecule has 0 radical (unpaired) electrons. The molecule has 3 aromatic rings. The number of anilines is 1. The van der Waals surface area contributed by atoms with E-state index in [2.05, 4.69) is 23.7 Å². The minimum absolute atomic E-state index is 0.0451. The van der Waals surface area contributed by atoms with Crippen molar-refractivity contribution in [1.82, 2.24) is 14.8 Å². The molecule has 0 aliphatic carbocycles. The fourth-order valence-electron chi connectivity index (χ4n) is 4.98. The molecule has 1 aliphatic rings. The molecule has 0 atom stereocenters. The minimum Gasteiger partial charge on any atom is -0.484 e. The number of aromatic nitrogens is 1. The van der Waals surface area contributed by atoms with Gasteiger partial charge in [0.1, 0.15) is 5.75 Å². The van der Waals surface area contributed by atoms with Crippen molar-refractivity contribution in [2.75, 3.05) is 37.7 Å². The smallest absolute Gasteiger partial charge is 0.264 e. The molecule has 38 heavy (non-hydrogen) atoms. The number of pyridine rings is 1. The zero-order valence-electron chi connectivity index (χ0n) is 22.9. The molecule has 2 heterocycles. The molecule has 0 saturated heterocycles. The van der Waals surface area contributed by atoms with Gasteiger partial charge in [-0.25, -0.2) is 0 Å². The van der Waals surface area contributed by atoms with Crippen LogP contribution >= 0.6 is 0 Å². The Kier molecular flexibility index (Phi) is 9.13. The van der Waals surface area contributed by atoms with Gasteiger partial charge in [-0.15, -0.1) is 0 Å². The molecule has 4 rings (SSSR count). The molecule has 2 amide bonds. The SMILES string of the molecule is Cc1cccc2c1N(C(=O)COc1ccccc1)CCCN(C(C)C)CCN(C(=O)c1cccnc1C)C2. The van der Waals surface area contributed by atoms with Gasteiger partial charge in [-0.1, -0.05) is 36.4 Å². The molecular weight excluding hydrogens is 476 g/mol. The number of aryl methyl sites for hydroxylation is 2. The van der Waals surface area contributed by atoms with E-state index in [1.807, 2.05) is 78.2 Å². The average Bonchev–Trinajstić information content (AvgIpc) is 2.95. The van der Waals surface area contributed by atoms with Crippen molar-refractivity contribution in [3.63, 3.8) is 0 Å². The van der Waals surface area contributed by atoms with Crippen molar-refractivity contribution >= 4 is 17.5 Å². The van der Waals surface area contributed by atoms with Crippen molar-refractivity contribution in [2.24, 2.45) is 0 Å². The predicted octanol–water partition coefficient (Wildman–Crippen LogP) is 4.87. The molecule has 0 unspecified atom stereocenters. The van der Waals surface area contributed by atoms with Crippen LogP contribution in [0.3, 0.4) is 0 Å². The third-order valence-electron chi connectivity index (χ3n) is 7.10. The first-order valence-corrected chi connectivity index (χ1v) is 13.4. The van der Waals surface area contributed by atoms with Crippen LogP contribution in [-0.4, -0.2) is 65.4 Å². The van der Waals surface area contributed by atoms with E-state index >= 15 is 0 Å². The van der Waals surface area contributed by atoms with Gasteiger partial charge < -0.3 is 14.5 Å². The van der Waals surface area contributed by atoms with E-state index in [-0.39, 0.29) is 18.4 Å². The maximum absolute atomic E-state index is 13.8. The fourth-order valence-corrected chi connectivity index (χ4v) is 4.98. The topological polar surface area (TPSA) is 66.0 Å². The lowest BCUT2D eigenvalue weighted by atomic mass is 10.0. The first-order chi connectivity index (χ1) is 18.3. The Morgan fingerprint density at radius 1 is 0.921 bits per heavy atom. The Morgan fingerprint density at radius 2 is 1.71 bits per heavy atom. The van der Waals surface area contributed by atoms with Crippen LogP contribution in [0, 0.1) is 13.8 Å². The van der Waals surface area contributed by atoms with E-state index < -0.39 is 0 Å². The van der Waals surface area contributed by atoms with Crippen molar-refractivity contribution in [2.45, 2.75) is 46.7 Å². The van der Waals surface area contributed by atoms with Crippen LogP contribution in [0.4, 0.5) is 5.69 Å². The zero-order valence-corrected chi connectivity index (χ0v) is 22.9. The monoisotopic (exact) mass is 514 g/mol. The van der Waals surface area contributed by atoms with E-state index in [1.54, 1.807) is 12.3 Å². The predicted molar refractivity (Wildman–Crippen MR) is 151 cm³/mol. The first-order valence-electron chi connectivity index (χ1n) is 13.4. The fraction of sp³-hybridized carbons (Fsp3) is 0.387. The highest BCUT2D eigenvalue weighted by molar-refractivity contribution is 5.97. The van der Waals surface area contributed by atoms with E-state index in [1.165, 1.54) is 0 Å². The second-order valence-corrected chi connectivity index (χ2v) is 10.1.